The van der Waals surface area contributed by atoms with Gasteiger partial charge in [0.2, 0.25) is 15.9 Å². The monoisotopic (exact) mass is 360 g/mol. The van der Waals surface area contributed by atoms with Crippen LogP contribution in [-0.4, -0.2) is 45.5 Å². The lowest BCUT2D eigenvalue weighted by atomic mass is 10.1. The Morgan fingerprint density at radius 1 is 1.08 bits per heavy atom. The Labute approximate surface area is 147 Å². The van der Waals surface area contributed by atoms with Crippen molar-refractivity contribution in [1.29, 1.82) is 0 Å². The van der Waals surface area contributed by atoms with Crippen molar-refractivity contribution in [3.8, 4) is 0 Å². The Kier molecular flexibility index (Phi) is 5.47. The number of carbonyl (C=O) groups excluding carboxylic acids is 1. The van der Waals surface area contributed by atoms with Crippen molar-refractivity contribution in [1.82, 2.24) is 9.62 Å². The van der Waals surface area contributed by atoms with E-state index in [2.05, 4.69) is 4.72 Å². The molecule has 1 N–H and O–H groups in total. The topological polar surface area (TPSA) is 75.7 Å². The van der Waals surface area contributed by atoms with Gasteiger partial charge in [0.05, 0.1) is 24.6 Å². The summed E-state index contributed by atoms with van der Waals surface area (Å²) >= 11 is 0. The molecule has 1 heterocycles. The van der Waals surface area contributed by atoms with Gasteiger partial charge in [0.1, 0.15) is 6.10 Å². The van der Waals surface area contributed by atoms with Crippen LogP contribution in [-0.2, 0) is 19.6 Å². The van der Waals surface area contributed by atoms with E-state index in [0.29, 0.717) is 19.7 Å². The smallest absolute Gasteiger partial charge is 0.241 e. The third kappa shape index (κ3) is 4.45. The molecule has 1 fully saturated rings. The maximum absolute atomic E-state index is 12.4. The normalized spacial score (nSPS) is 18.1. The van der Waals surface area contributed by atoms with Gasteiger partial charge >= 0.3 is 0 Å². The minimum absolute atomic E-state index is 0.145. The highest BCUT2D eigenvalue weighted by Crippen LogP contribution is 2.21. The molecule has 1 saturated heterocycles. The van der Waals surface area contributed by atoms with Crippen LogP contribution >= 0.6 is 0 Å². The summed E-state index contributed by atoms with van der Waals surface area (Å²) in [6.07, 6.45) is -0.190. The lowest BCUT2D eigenvalue weighted by Crippen LogP contribution is -2.46. The van der Waals surface area contributed by atoms with Crippen molar-refractivity contribution >= 4 is 15.9 Å². The molecule has 0 spiro atoms. The number of morpholine rings is 1. The molecule has 2 aromatic carbocycles. The molecule has 2 aromatic rings. The van der Waals surface area contributed by atoms with Gasteiger partial charge in [0.15, 0.2) is 0 Å². The molecule has 1 aliphatic rings. The zero-order valence-electron chi connectivity index (χ0n) is 13.7. The van der Waals surface area contributed by atoms with Crippen molar-refractivity contribution in [2.75, 3.05) is 26.2 Å². The molecular weight excluding hydrogens is 340 g/mol. The van der Waals surface area contributed by atoms with Crippen LogP contribution in [0.3, 0.4) is 0 Å². The van der Waals surface area contributed by atoms with Crippen LogP contribution in [0.25, 0.3) is 0 Å². The number of rotatable bonds is 5. The zero-order chi connectivity index (χ0) is 17.7. The molecular formula is C18H20N2O4S. The maximum atomic E-state index is 12.4. The zero-order valence-corrected chi connectivity index (χ0v) is 14.5. The summed E-state index contributed by atoms with van der Waals surface area (Å²) in [7, 11) is -3.69. The van der Waals surface area contributed by atoms with E-state index >= 15 is 0 Å². The van der Waals surface area contributed by atoms with Crippen molar-refractivity contribution in [3.05, 3.63) is 66.2 Å². The lowest BCUT2D eigenvalue weighted by Gasteiger charge is -2.33. The first-order valence-corrected chi connectivity index (χ1v) is 9.53. The molecule has 1 atom stereocenters. The highest BCUT2D eigenvalue weighted by atomic mass is 32.2. The fraction of sp³-hybridized carbons (Fsp3) is 0.278. The number of benzene rings is 2. The van der Waals surface area contributed by atoms with Crippen LogP contribution in [0, 0.1) is 0 Å². The van der Waals surface area contributed by atoms with Gasteiger partial charge in [-0.1, -0.05) is 48.5 Å². The fourth-order valence-corrected chi connectivity index (χ4v) is 3.69. The average Bonchev–Trinajstić information content (AvgIpc) is 2.68. The number of nitrogens with one attached hydrogen (secondary N) is 1. The Morgan fingerprint density at radius 2 is 1.72 bits per heavy atom. The minimum Gasteiger partial charge on any atom is -0.370 e. The number of carbonyl (C=O) groups is 1. The number of ether oxygens (including phenoxy) is 1. The van der Waals surface area contributed by atoms with E-state index in [9.17, 15) is 13.2 Å². The average molecular weight is 360 g/mol. The SMILES string of the molecule is O=C(CNS(=O)(=O)c1ccccc1)N1CCO[C@@H](c2ccccc2)C1. The van der Waals surface area contributed by atoms with E-state index in [-0.39, 0.29) is 23.5 Å². The summed E-state index contributed by atoms with van der Waals surface area (Å²) in [4.78, 5) is 14.2. The van der Waals surface area contributed by atoms with Gasteiger partial charge in [-0.2, -0.15) is 0 Å². The predicted octanol–water partition coefficient (Wildman–Crippen LogP) is 1.56. The minimum atomic E-state index is -3.69. The second kappa shape index (κ2) is 7.77. The maximum Gasteiger partial charge on any atom is 0.241 e. The molecule has 0 radical (unpaired) electrons. The first-order valence-electron chi connectivity index (χ1n) is 8.05. The Hall–Kier alpha value is -2.22. The second-order valence-electron chi connectivity index (χ2n) is 5.75. The van der Waals surface area contributed by atoms with Crippen LogP contribution in [0.1, 0.15) is 11.7 Å². The van der Waals surface area contributed by atoms with Gasteiger partial charge in [-0.05, 0) is 17.7 Å². The number of nitrogens with zero attached hydrogens (tertiary/aromatic N) is 1. The highest BCUT2D eigenvalue weighted by molar-refractivity contribution is 7.89. The number of sulfonamides is 1. The van der Waals surface area contributed by atoms with Crippen LogP contribution in [0.2, 0.25) is 0 Å². The summed E-state index contributed by atoms with van der Waals surface area (Å²) in [5.41, 5.74) is 1.00. The summed E-state index contributed by atoms with van der Waals surface area (Å²) < 4.78 is 32.5. The molecule has 1 amide bonds. The van der Waals surface area contributed by atoms with Crippen LogP contribution in [0.5, 0.6) is 0 Å². The van der Waals surface area contributed by atoms with Crippen molar-refractivity contribution in [3.63, 3.8) is 0 Å². The van der Waals surface area contributed by atoms with Crippen LogP contribution < -0.4 is 4.72 Å². The Bertz CT molecular complexity index is 809. The highest BCUT2D eigenvalue weighted by Gasteiger charge is 2.26. The molecule has 1 aliphatic heterocycles. The molecule has 0 aromatic heterocycles. The lowest BCUT2D eigenvalue weighted by molar-refractivity contribution is -0.137. The number of amides is 1. The first-order chi connectivity index (χ1) is 12.1. The van der Waals surface area contributed by atoms with E-state index in [1.807, 2.05) is 30.3 Å². The van der Waals surface area contributed by atoms with E-state index in [1.165, 1.54) is 12.1 Å². The van der Waals surface area contributed by atoms with E-state index in [0.717, 1.165) is 5.56 Å². The van der Waals surface area contributed by atoms with Crippen LogP contribution in [0.15, 0.2) is 65.6 Å². The number of hydrogen-bond acceptors (Lipinski definition) is 4. The number of hydrogen-bond donors (Lipinski definition) is 1. The van der Waals surface area contributed by atoms with E-state index in [1.54, 1.807) is 23.1 Å². The summed E-state index contributed by atoms with van der Waals surface area (Å²) in [5, 5.41) is 0. The van der Waals surface area contributed by atoms with Crippen LogP contribution in [0.4, 0.5) is 0 Å². The van der Waals surface area contributed by atoms with Gasteiger partial charge in [-0.25, -0.2) is 13.1 Å². The van der Waals surface area contributed by atoms with Gasteiger partial charge < -0.3 is 9.64 Å². The van der Waals surface area contributed by atoms with Gasteiger partial charge in [-0.15, -0.1) is 0 Å². The molecule has 25 heavy (non-hydrogen) atoms. The second-order valence-corrected chi connectivity index (χ2v) is 7.51. The molecule has 6 nitrogen and oxygen atoms in total. The summed E-state index contributed by atoms with van der Waals surface area (Å²) in [6.45, 7) is 1.03. The van der Waals surface area contributed by atoms with Crippen molar-refractivity contribution in [2.24, 2.45) is 0 Å². The third-order valence-electron chi connectivity index (χ3n) is 4.06. The largest absolute Gasteiger partial charge is 0.370 e. The first kappa shape index (κ1) is 17.6. The van der Waals surface area contributed by atoms with Gasteiger partial charge in [0, 0.05) is 6.54 Å². The fourth-order valence-electron chi connectivity index (χ4n) is 2.70. The molecule has 132 valence electrons. The van der Waals surface area contributed by atoms with Gasteiger partial charge in [-0.3, -0.25) is 4.79 Å². The van der Waals surface area contributed by atoms with Crippen molar-refractivity contribution in [2.45, 2.75) is 11.0 Å². The molecule has 0 saturated carbocycles. The molecule has 0 bridgehead atoms. The third-order valence-corrected chi connectivity index (χ3v) is 5.47. The molecule has 7 heteroatoms. The molecule has 0 unspecified atom stereocenters. The molecule has 3 rings (SSSR count). The summed E-state index contributed by atoms with van der Waals surface area (Å²) in [6, 6.07) is 17.7. The Balaban J connectivity index is 1.60. The van der Waals surface area contributed by atoms with E-state index < -0.39 is 10.0 Å². The van der Waals surface area contributed by atoms with Crippen molar-refractivity contribution < 1.29 is 17.9 Å². The summed E-state index contributed by atoms with van der Waals surface area (Å²) in [5.74, 6) is -0.260. The Morgan fingerprint density at radius 3 is 2.40 bits per heavy atom. The molecule has 0 aliphatic carbocycles. The standard InChI is InChI=1S/C18H20N2O4S/c21-18(13-19-25(22,23)16-9-5-2-6-10-16)20-11-12-24-17(14-20)15-7-3-1-4-8-15/h1-10,17,19H,11-14H2/t17-/m1/s1. The van der Waals surface area contributed by atoms with E-state index in [4.69, 9.17) is 4.74 Å². The van der Waals surface area contributed by atoms with Gasteiger partial charge in [0.25, 0.3) is 0 Å². The quantitative estimate of drug-likeness (QED) is 0.878. The predicted molar refractivity (Wildman–Crippen MR) is 93.3 cm³/mol.